The predicted molar refractivity (Wildman–Crippen MR) is 65.4 cm³/mol. The highest BCUT2D eigenvalue weighted by Crippen LogP contribution is 2.39. The van der Waals surface area contributed by atoms with Crippen molar-refractivity contribution in [2.45, 2.75) is 24.9 Å². The van der Waals surface area contributed by atoms with Crippen molar-refractivity contribution in [2.24, 2.45) is 0 Å². The van der Waals surface area contributed by atoms with Gasteiger partial charge in [-0.2, -0.15) is 0 Å². The summed E-state index contributed by atoms with van der Waals surface area (Å²) in [7, 11) is 1.59. The molecule has 1 unspecified atom stereocenters. The smallest absolute Gasteiger partial charge is 0.170 e. The molecular weight excluding hydrogens is 232 g/mol. The van der Waals surface area contributed by atoms with Crippen LogP contribution in [-0.4, -0.2) is 31.7 Å². The summed E-state index contributed by atoms with van der Waals surface area (Å²) < 4.78 is 16.6. The van der Waals surface area contributed by atoms with E-state index in [9.17, 15) is 4.79 Å². The summed E-state index contributed by atoms with van der Waals surface area (Å²) in [5.74, 6) is 1.44. The first-order valence-corrected chi connectivity index (χ1v) is 6.20. The Morgan fingerprint density at radius 2 is 2.28 bits per heavy atom. The van der Waals surface area contributed by atoms with Crippen molar-refractivity contribution in [1.82, 2.24) is 0 Å². The maximum Gasteiger partial charge on any atom is 0.170 e. The minimum Gasteiger partial charge on any atom is -0.497 e. The van der Waals surface area contributed by atoms with Crippen molar-refractivity contribution in [3.05, 3.63) is 23.8 Å². The molecule has 1 aromatic rings. The summed E-state index contributed by atoms with van der Waals surface area (Å²) in [5, 5.41) is 0. The maximum atomic E-state index is 12.2. The average molecular weight is 248 g/mol. The minimum atomic E-state index is -0.447. The molecule has 0 saturated carbocycles. The molecule has 0 aromatic heterocycles. The van der Waals surface area contributed by atoms with E-state index in [-0.39, 0.29) is 5.78 Å². The summed E-state index contributed by atoms with van der Waals surface area (Å²) in [6.07, 6.45) is 2.22. The number of hydrogen-bond acceptors (Lipinski definition) is 4. The first-order valence-electron chi connectivity index (χ1n) is 6.20. The van der Waals surface area contributed by atoms with Crippen LogP contribution in [0.1, 0.15) is 29.6 Å². The first-order chi connectivity index (χ1) is 8.72. The van der Waals surface area contributed by atoms with E-state index >= 15 is 0 Å². The van der Waals surface area contributed by atoms with Crippen molar-refractivity contribution >= 4 is 5.78 Å². The van der Waals surface area contributed by atoms with Gasteiger partial charge < -0.3 is 14.2 Å². The number of hydrogen-bond donors (Lipinski definition) is 0. The van der Waals surface area contributed by atoms with Gasteiger partial charge in [0.15, 0.2) is 5.78 Å². The van der Waals surface area contributed by atoms with E-state index in [1.807, 2.05) is 12.1 Å². The molecule has 1 fully saturated rings. The van der Waals surface area contributed by atoms with Crippen molar-refractivity contribution in [2.75, 3.05) is 20.3 Å². The molecule has 0 amide bonds. The van der Waals surface area contributed by atoms with Crippen molar-refractivity contribution in [1.29, 1.82) is 0 Å². The molecule has 1 spiro atoms. The molecule has 1 aromatic carbocycles. The summed E-state index contributed by atoms with van der Waals surface area (Å²) in [4.78, 5) is 12.2. The molecule has 0 aliphatic carbocycles. The van der Waals surface area contributed by atoms with Crippen LogP contribution in [0.25, 0.3) is 0 Å². The first kappa shape index (κ1) is 11.5. The molecule has 2 aliphatic heterocycles. The third kappa shape index (κ3) is 1.86. The van der Waals surface area contributed by atoms with Crippen LogP contribution in [0.5, 0.6) is 11.5 Å². The van der Waals surface area contributed by atoms with Crippen LogP contribution in [0, 0.1) is 0 Å². The molecule has 1 atom stereocenters. The van der Waals surface area contributed by atoms with Gasteiger partial charge in [-0.25, -0.2) is 0 Å². The lowest BCUT2D eigenvalue weighted by Crippen LogP contribution is -2.48. The molecule has 0 radical (unpaired) electrons. The topological polar surface area (TPSA) is 44.8 Å². The average Bonchev–Trinajstić information content (AvgIpc) is 2.39. The lowest BCUT2D eigenvalue weighted by Gasteiger charge is -2.40. The lowest BCUT2D eigenvalue weighted by molar-refractivity contribution is -0.0716. The van der Waals surface area contributed by atoms with Crippen LogP contribution in [0.4, 0.5) is 0 Å². The Labute approximate surface area is 106 Å². The Balaban J connectivity index is 1.95. The molecule has 2 heterocycles. The lowest BCUT2D eigenvalue weighted by atomic mass is 9.86. The number of benzene rings is 1. The Kier molecular flexibility index (Phi) is 2.74. The molecule has 4 heteroatoms. The molecule has 3 rings (SSSR count). The third-order valence-electron chi connectivity index (χ3n) is 3.58. The van der Waals surface area contributed by atoms with Gasteiger partial charge in [-0.05, 0) is 31.0 Å². The SMILES string of the molecule is COc1ccc2c(c1)C(=O)CC1(CCCOC1)O2. The van der Waals surface area contributed by atoms with Gasteiger partial charge in [0.25, 0.3) is 0 Å². The second kappa shape index (κ2) is 4.28. The zero-order chi connectivity index (χ0) is 12.6. The summed E-state index contributed by atoms with van der Waals surface area (Å²) in [6.45, 7) is 1.26. The fourth-order valence-electron chi connectivity index (χ4n) is 2.65. The van der Waals surface area contributed by atoms with E-state index < -0.39 is 5.60 Å². The predicted octanol–water partition coefficient (Wildman–Crippen LogP) is 2.21. The van der Waals surface area contributed by atoms with Crippen molar-refractivity contribution < 1.29 is 19.0 Å². The molecular formula is C14H16O4. The number of ketones is 1. The number of carbonyl (C=O) groups is 1. The molecule has 96 valence electrons. The van der Waals surface area contributed by atoms with Crippen molar-refractivity contribution in [3.63, 3.8) is 0 Å². The number of Topliss-reactive ketones (excluding diaryl/α,β-unsaturated/α-hetero) is 1. The number of rotatable bonds is 1. The third-order valence-corrected chi connectivity index (χ3v) is 3.58. The van der Waals surface area contributed by atoms with Crippen LogP contribution >= 0.6 is 0 Å². The molecule has 18 heavy (non-hydrogen) atoms. The van der Waals surface area contributed by atoms with Gasteiger partial charge in [-0.15, -0.1) is 0 Å². The summed E-state index contributed by atoms with van der Waals surface area (Å²) >= 11 is 0. The fraction of sp³-hybridized carbons (Fsp3) is 0.500. The zero-order valence-electron chi connectivity index (χ0n) is 10.4. The highest BCUT2D eigenvalue weighted by molar-refractivity contribution is 6.00. The Hall–Kier alpha value is -1.55. The molecule has 4 nitrogen and oxygen atoms in total. The van der Waals surface area contributed by atoms with E-state index in [4.69, 9.17) is 14.2 Å². The molecule has 0 bridgehead atoms. The number of methoxy groups -OCH3 is 1. The van der Waals surface area contributed by atoms with Crippen LogP contribution in [0.3, 0.4) is 0 Å². The monoisotopic (exact) mass is 248 g/mol. The molecule has 0 N–H and O–H groups in total. The second-order valence-corrected chi connectivity index (χ2v) is 4.90. The Morgan fingerprint density at radius 1 is 1.39 bits per heavy atom. The van der Waals surface area contributed by atoms with E-state index in [1.54, 1.807) is 13.2 Å². The highest BCUT2D eigenvalue weighted by Gasteiger charge is 2.42. The summed E-state index contributed by atoms with van der Waals surface area (Å²) in [6, 6.07) is 5.37. The molecule has 2 aliphatic rings. The van der Waals surface area contributed by atoms with Gasteiger partial charge in [-0.1, -0.05) is 0 Å². The minimum absolute atomic E-state index is 0.112. The van der Waals surface area contributed by atoms with Gasteiger partial charge in [0.2, 0.25) is 0 Å². The van der Waals surface area contributed by atoms with Crippen LogP contribution in [0.2, 0.25) is 0 Å². The Morgan fingerprint density at radius 3 is 3.00 bits per heavy atom. The molecule has 1 saturated heterocycles. The zero-order valence-corrected chi connectivity index (χ0v) is 10.4. The number of ether oxygens (including phenoxy) is 3. The second-order valence-electron chi connectivity index (χ2n) is 4.90. The standard InChI is InChI=1S/C14H16O4/c1-16-10-3-4-13-11(7-10)12(15)8-14(18-13)5-2-6-17-9-14/h3-4,7H,2,5-6,8-9H2,1H3. The summed E-state index contributed by atoms with van der Waals surface area (Å²) in [5.41, 5.74) is 0.169. The fourth-order valence-corrected chi connectivity index (χ4v) is 2.65. The van der Waals surface area contributed by atoms with Crippen LogP contribution < -0.4 is 9.47 Å². The van der Waals surface area contributed by atoms with Crippen LogP contribution in [0.15, 0.2) is 18.2 Å². The maximum absolute atomic E-state index is 12.2. The van der Waals surface area contributed by atoms with Crippen LogP contribution in [-0.2, 0) is 4.74 Å². The van der Waals surface area contributed by atoms with E-state index in [0.717, 1.165) is 19.4 Å². The van der Waals surface area contributed by atoms with Gasteiger partial charge in [0.05, 0.1) is 25.7 Å². The van der Waals surface area contributed by atoms with Gasteiger partial charge in [-0.3, -0.25) is 4.79 Å². The quantitative estimate of drug-likeness (QED) is 0.764. The highest BCUT2D eigenvalue weighted by atomic mass is 16.5. The number of fused-ring (bicyclic) bond motifs is 1. The number of carbonyl (C=O) groups excluding carboxylic acids is 1. The largest absolute Gasteiger partial charge is 0.497 e. The van der Waals surface area contributed by atoms with E-state index in [0.29, 0.717) is 30.1 Å². The van der Waals surface area contributed by atoms with Gasteiger partial charge >= 0.3 is 0 Å². The van der Waals surface area contributed by atoms with Gasteiger partial charge in [0, 0.05) is 6.61 Å². The van der Waals surface area contributed by atoms with Gasteiger partial charge in [0.1, 0.15) is 17.1 Å². The van der Waals surface area contributed by atoms with E-state index in [2.05, 4.69) is 0 Å². The Bertz CT molecular complexity index is 475. The normalized spacial score (nSPS) is 26.6. The van der Waals surface area contributed by atoms with Crippen molar-refractivity contribution in [3.8, 4) is 11.5 Å². The van der Waals surface area contributed by atoms with E-state index in [1.165, 1.54) is 0 Å².